The molecule has 2 fully saturated rings. The Morgan fingerprint density at radius 2 is 1.80 bits per heavy atom. The van der Waals surface area contributed by atoms with Gasteiger partial charge in [0.2, 0.25) is 0 Å². The summed E-state index contributed by atoms with van der Waals surface area (Å²) in [7, 11) is 0. The Balaban J connectivity index is 1.52. The topological polar surface area (TPSA) is 38.0 Å². The monoisotopic (exact) mass is 202 g/mol. The van der Waals surface area contributed by atoms with E-state index in [-0.39, 0.29) is 0 Å². The zero-order valence-corrected chi connectivity index (χ0v) is 8.89. The molecule has 0 radical (unpaired) electrons. The van der Waals surface area contributed by atoms with E-state index >= 15 is 0 Å². The third kappa shape index (κ3) is 1.92. The maximum absolute atomic E-state index is 5.77. The predicted molar refractivity (Wildman–Crippen MR) is 61.7 cm³/mol. The predicted octanol–water partition coefficient (Wildman–Crippen LogP) is 1.62. The van der Waals surface area contributed by atoms with Gasteiger partial charge in [0.1, 0.15) is 0 Å². The Hall–Kier alpha value is -0.860. The van der Waals surface area contributed by atoms with Gasteiger partial charge < -0.3 is 11.1 Å². The molecule has 80 valence electrons. The van der Waals surface area contributed by atoms with Crippen LogP contribution in [0, 0.1) is 0 Å². The first-order valence-corrected chi connectivity index (χ1v) is 5.89. The van der Waals surface area contributed by atoms with Crippen LogP contribution in [-0.2, 0) is 0 Å². The van der Waals surface area contributed by atoms with E-state index < -0.39 is 0 Å². The largest absolute Gasteiger partial charge is 0.328 e. The van der Waals surface area contributed by atoms with Crippen LogP contribution in [0.2, 0.25) is 0 Å². The Kier molecular flexibility index (Phi) is 2.26. The van der Waals surface area contributed by atoms with Crippen LogP contribution >= 0.6 is 0 Å². The molecule has 0 spiro atoms. The highest BCUT2D eigenvalue weighted by atomic mass is 15.0. The van der Waals surface area contributed by atoms with Gasteiger partial charge in [0.15, 0.2) is 0 Å². The molecule has 2 heteroatoms. The van der Waals surface area contributed by atoms with Gasteiger partial charge in [-0.1, -0.05) is 30.3 Å². The number of nitrogens with one attached hydrogen (secondary N) is 1. The van der Waals surface area contributed by atoms with Gasteiger partial charge in [0.05, 0.1) is 0 Å². The number of benzene rings is 1. The molecular weight excluding hydrogens is 184 g/mol. The van der Waals surface area contributed by atoms with Crippen LogP contribution in [0.1, 0.15) is 30.7 Å². The van der Waals surface area contributed by atoms with Crippen molar-refractivity contribution < 1.29 is 0 Å². The lowest BCUT2D eigenvalue weighted by Crippen LogP contribution is -2.49. The summed E-state index contributed by atoms with van der Waals surface area (Å²) < 4.78 is 0. The molecule has 2 nitrogen and oxygen atoms in total. The van der Waals surface area contributed by atoms with Crippen molar-refractivity contribution in [2.75, 3.05) is 0 Å². The van der Waals surface area contributed by atoms with Crippen molar-refractivity contribution in [2.45, 2.75) is 43.3 Å². The van der Waals surface area contributed by atoms with Crippen molar-refractivity contribution >= 4 is 0 Å². The van der Waals surface area contributed by atoms with Gasteiger partial charge in [0.25, 0.3) is 0 Å². The lowest BCUT2D eigenvalue weighted by Gasteiger charge is -2.33. The van der Waals surface area contributed by atoms with Crippen LogP contribution in [0.15, 0.2) is 30.3 Å². The quantitative estimate of drug-likeness (QED) is 0.781. The summed E-state index contributed by atoms with van der Waals surface area (Å²) in [5.41, 5.74) is 7.26. The molecule has 15 heavy (non-hydrogen) atoms. The first-order valence-electron chi connectivity index (χ1n) is 5.89. The van der Waals surface area contributed by atoms with Gasteiger partial charge in [-0.3, -0.25) is 0 Å². The molecule has 3 N–H and O–H groups in total. The van der Waals surface area contributed by atoms with Gasteiger partial charge in [-0.25, -0.2) is 0 Å². The minimum Gasteiger partial charge on any atom is -0.328 e. The maximum atomic E-state index is 5.77. The second-order valence-electron chi connectivity index (χ2n) is 4.95. The second kappa shape index (κ2) is 3.62. The zero-order valence-electron chi connectivity index (χ0n) is 8.89. The molecule has 2 saturated carbocycles. The summed E-state index contributed by atoms with van der Waals surface area (Å²) in [6, 6.07) is 12.7. The maximum Gasteiger partial charge on any atom is 0.0145 e. The summed E-state index contributed by atoms with van der Waals surface area (Å²) in [5.74, 6) is 0.753. The Labute approximate surface area is 90.9 Å². The molecule has 3 rings (SSSR count). The van der Waals surface area contributed by atoms with Crippen LogP contribution in [-0.4, -0.2) is 18.1 Å². The lowest BCUT2D eigenvalue weighted by atomic mass is 9.87. The van der Waals surface area contributed by atoms with E-state index in [4.69, 9.17) is 5.73 Å². The van der Waals surface area contributed by atoms with Crippen LogP contribution in [0.4, 0.5) is 0 Å². The van der Waals surface area contributed by atoms with Crippen LogP contribution in [0.5, 0.6) is 0 Å². The summed E-state index contributed by atoms with van der Waals surface area (Å²) in [4.78, 5) is 0. The highest BCUT2D eigenvalue weighted by Gasteiger charge is 2.41. The van der Waals surface area contributed by atoms with Gasteiger partial charge in [-0.05, 0) is 24.8 Å². The van der Waals surface area contributed by atoms with Crippen LogP contribution < -0.4 is 11.1 Å². The fourth-order valence-corrected chi connectivity index (χ4v) is 2.55. The fourth-order valence-electron chi connectivity index (χ4n) is 2.55. The highest BCUT2D eigenvalue weighted by molar-refractivity contribution is 5.27. The van der Waals surface area contributed by atoms with Crippen LogP contribution in [0.3, 0.4) is 0 Å². The standard InChI is InChI=1S/C13H18N2/c14-10-6-11(7-10)15-13-8-12(13)9-4-2-1-3-5-9/h1-5,10-13,15H,6-8,14H2/t10?,11?,12?,13-/m0/s1. The lowest BCUT2D eigenvalue weighted by molar-refractivity contribution is 0.289. The van der Waals surface area contributed by atoms with E-state index in [1.807, 2.05) is 0 Å². The van der Waals surface area contributed by atoms with E-state index in [0.29, 0.717) is 18.1 Å². The van der Waals surface area contributed by atoms with E-state index in [1.54, 1.807) is 0 Å². The first-order chi connectivity index (χ1) is 7.33. The molecule has 0 aliphatic heterocycles. The molecule has 2 aliphatic carbocycles. The van der Waals surface area contributed by atoms with E-state index in [1.165, 1.54) is 12.0 Å². The molecule has 0 aromatic heterocycles. The smallest absolute Gasteiger partial charge is 0.0145 e. The Morgan fingerprint density at radius 3 is 2.47 bits per heavy atom. The zero-order chi connectivity index (χ0) is 10.3. The van der Waals surface area contributed by atoms with Crippen molar-refractivity contribution in [1.29, 1.82) is 0 Å². The van der Waals surface area contributed by atoms with Crippen molar-refractivity contribution in [3.8, 4) is 0 Å². The molecule has 0 saturated heterocycles. The molecule has 1 aromatic carbocycles. The molecule has 1 aromatic rings. The average molecular weight is 202 g/mol. The number of hydrogen-bond donors (Lipinski definition) is 2. The third-order valence-corrected chi connectivity index (χ3v) is 3.64. The van der Waals surface area contributed by atoms with Crippen molar-refractivity contribution in [3.05, 3.63) is 35.9 Å². The minimum atomic E-state index is 0.455. The van der Waals surface area contributed by atoms with Crippen molar-refractivity contribution in [2.24, 2.45) is 5.73 Å². The second-order valence-corrected chi connectivity index (χ2v) is 4.95. The highest BCUT2D eigenvalue weighted by Crippen LogP contribution is 2.41. The normalized spacial score (nSPS) is 38.5. The van der Waals surface area contributed by atoms with Gasteiger partial charge in [0, 0.05) is 24.0 Å². The summed E-state index contributed by atoms with van der Waals surface area (Å²) in [6.07, 6.45) is 3.63. The summed E-state index contributed by atoms with van der Waals surface area (Å²) in [5, 5.41) is 3.69. The molecule has 0 amide bonds. The van der Waals surface area contributed by atoms with Crippen molar-refractivity contribution in [3.63, 3.8) is 0 Å². The number of hydrogen-bond acceptors (Lipinski definition) is 2. The van der Waals surface area contributed by atoms with E-state index in [2.05, 4.69) is 35.6 Å². The summed E-state index contributed by atoms with van der Waals surface area (Å²) in [6.45, 7) is 0. The summed E-state index contributed by atoms with van der Waals surface area (Å²) >= 11 is 0. The van der Waals surface area contributed by atoms with E-state index in [0.717, 1.165) is 18.8 Å². The minimum absolute atomic E-state index is 0.455. The molecule has 0 bridgehead atoms. The Morgan fingerprint density at radius 1 is 1.07 bits per heavy atom. The van der Waals surface area contributed by atoms with E-state index in [9.17, 15) is 0 Å². The number of nitrogens with two attached hydrogens (primary N) is 1. The van der Waals surface area contributed by atoms with Gasteiger partial charge >= 0.3 is 0 Å². The average Bonchev–Trinajstić information content (AvgIpc) is 2.96. The molecule has 2 aliphatic rings. The SMILES string of the molecule is NC1CC(N[C@H]2CC2c2ccccc2)C1. The van der Waals surface area contributed by atoms with Crippen molar-refractivity contribution in [1.82, 2.24) is 5.32 Å². The Bertz CT molecular complexity index is 330. The van der Waals surface area contributed by atoms with Crippen LogP contribution in [0.25, 0.3) is 0 Å². The molecular formula is C13H18N2. The molecule has 0 heterocycles. The van der Waals surface area contributed by atoms with Gasteiger partial charge in [-0.2, -0.15) is 0 Å². The fraction of sp³-hybridized carbons (Fsp3) is 0.538. The number of rotatable bonds is 3. The molecule has 1 unspecified atom stereocenters. The molecule has 2 atom stereocenters. The first kappa shape index (κ1) is 9.37. The van der Waals surface area contributed by atoms with Gasteiger partial charge in [-0.15, -0.1) is 0 Å². The third-order valence-electron chi connectivity index (χ3n) is 3.64.